The lowest BCUT2D eigenvalue weighted by Crippen LogP contribution is -2.18. The number of rotatable bonds is 7. The number of likely N-dealkylation sites (tertiary alicyclic amines) is 1. The van der Waals surface area contributed by atoms with Crippen LogP contribution in [0.3, 0.4) is 0 Å². The van der Waals surface area contributed by atoms with Crippen molar-refractivity contribution in [2.75, 3.05) is 23.3 Å². The number of hydrogen-bond donors (Lipinski definition) is 1. The van der Waals surface area contributed by atoms with E-state index in [1.807, 2.05) is 66.4 Å². The van der Waals surface area contributed by atoms with Crippen molar-refractivity contribution in [3.8, 4) is 0 Å². The zero-order valence-corrected chi connectivity index (χ0v) is 19.8. The summed E-state index contributed by atoms with van der Waals surface area (Å²) in [5, 5.41) is 3.04. The summed E-state index contributed by atoms with van der Waals surface area (Å²) in [6, 6.07) is 19.3. The van der Waals surface area contributed by atoms with Gasteiger partial charge in [-0.3, -0.25) is 19.6 Å². The van der Waals surface area contributed by atoms with Crippen LogP contribution in [0.1, 0.15) is 34.3 Å². The molecule has 1 saturated heterocycles. The molecule has 5 rings (SSSR count). The summed E-state index contributed by atoms with van der Waals surface area (Å²) < 4.78 is 0. The summed E-state index contributed by atoms with van der Waals surface area (Å²) in [5.41, 5.74) is 5.28. The summed E-state index contributed by atoms with van der Waals surface area (Å²) in [6.45, 7) is 5.27. The van der Waals surface area contributed by atoms with Crippen molar-refractivity contribution in [3.63, 3.8) is 0 Å². The Morgan fingerprint density at radius 3 is 2.46 bits per heavy atom. The van der Waals surface area contributed by atoms with E-state index in [1.165, 1.54) is 18.4 Å². The number of nitrogens with one attached hydrogen (secondary N) is 1. The Morgan fingerprint density at radius 1 is 0.971 bits per heavy atom. The summed E-state index contributed by atoms with van der Waals surface area (Å²) in [5.74, 6) is 0.386. The zero-order chi connectivity index (χ0) is 24.0. The fourth-order valence-electron chi connectivity index (χ4n) is 4.35. The van der Waals surface area contributed by atoms with Crippen LogP contribution in [0, 0.1) is 6.92 Å². The molecule has 0 saturated carbocycles. The van der Waals surface area contributed by atoms with E-state index in [-0.39, 0.29) is 5.91 Å². The molecular formula is C28H28N6O. The largest absolute Gasteiger partial charge is 0.322 e. The maximum Gasteiger partial charge on any atom is 0.255 e. The second-order valence-corrected chi connectivity index (χ2v) is 8.73. The topological polar surface area (TPSA) is 74.2 Å². The first kappa shape index (κ1) is 22.7. The van der Waals surface area contributed by atoms with E-state index < -0.39 is 0 Å². The number of aromatic nitrogens is 3. The van der Waals surface area contributed by atoms with Crippen molar-refractivity contribution in [1.82, 2.24) is 19.9 Å². The number of anilines is 4. The normalized spacial score (nSPS) is 13.5. The minimum atomic E-state index is -0.142. The van der Waals surface area contributed by atoms with Crippen LogP contribution in [0.2, 0.25) is 0 Å². The van der Waals surface area contributed by atoms with Gasteiger partial charge in [0, 0.05) is 36.4 Å². The molecule has 1 aliphatic heterocycles. The number of amides is 1. The van der Waals surface area contributed by atoms with E-state index in [9.17, 15) is 4.79 Å². The lowest BCUT2D eigenvalue weighted by molar-refractivity contribution is 0.102. The molecule has 0 atom stereocenters. The Kier molecular flexibility index (Phi) is 6.77. The Labute approximate surface area is 205 Å². The van der Waals surface area contributed by atoms with Crippen LogP contribution < -0.4 is 10.2 Å². The highest BCUT2D eigenvalue weighted by atomic mass is 16.1. The highest BCUT2D eigenvalue weighted by Crippen LogP contribution is 2.35. The fraction of sp³-hybridized carbons (Fsp3) is 0.214. The van der Waals surface area contributed by atoms with Gasteiger partial charge in [-0.1, -0.05) is 18.2 Å². The van der Waals surface area contributed by atoms with E-state index >= 15 is 0 Å². The van der Waals surface area contributed by atoms with E-state index in [4.69, 9.17) is 0 Å². The summed E-state index contributed by atoms with van der Waals surface area (Å²) in [4.78, 5) is 30.6. The van der Waals surface area contributed by atoms with Crippen molar-refractivity contribution in [2.24, 2.45) is 0 Å². The number of carbonyl (C=O) groups is 1. The monoisotopic (exact) mass is 464 g/mol. The van der Waals surface area contributed by atoms with E-state index in [1.54, 1.807) is 30.9 Å². The third kappa shape index (κ3) is 5.36. The van der Waals surface area contributed by atoms with Crippen LogP contribution in [-0.4, -0.2) is 38.8 Å². The van der Waals surface area contributed by atoms with Crippen molar-refractivity contribution in [2.45, 2.75) is 26.3 Å². The van der Waals surface area contributed by atoms with Gasteiger partial charge in [0.15, 0.2) is 0 Å². The molecule has 2 aromatic heterocycles. The number of nitrogens with zero attached hydrogens (tertiary/aromatic N) is 5. The number of carbonyl (C=O) groups excluding carboxylic acids is 1. The predicted octanol–water partition coefficient (Wildman–Crippen LogP) is 5.50. The third-order valence-electron chi connectivity index (χ3n) is 6.19. The maximum absolute atomic E-state index is 13.0. The Hall–Kier alpha value is -4.10. The minimum Gasteiger partial charge on any atom is -0.322 e. The smallest absolute Gasteiger partial charge is 0.255 e. The first-order valence-electron chi connectivity index (χ1n) is 11.9. The predicted molar refractivity (Wildman–Crippen MR) is 138 cm³/mol. The summed E-state index contributed by atoms with van der Waals surface area (Å²) in [6.07, 6.45) is 9.46. The molecule has 176 valence electrons. The molecule has 2 aromatic carbocycles. The van der Waals surface area contributed by atoms with Gasteiger partial charge in [-0.05, 0) is 86.4 Å². The molecule has 0 unspecified atom stereocenters. The lowest BCUT2D eigenvalue weighted by Gasteiger charge is -2.24. The van der Waals surface area contributed by atoms with Gasteiger partial charge in [0.05, 0.1) is 17.6 Å². The zero-order valence-electron chi connectivity index (χ0n) is 19.8. The molecule has 3 heterocycles. The summed E-state index contributed by atoms with van der Waals surface area (Å²) >= 11 is 0. The first-order valence-corrected chi connectivity index (χ1v) is 11.9. The quantitative estimate of drug-likeness (QED) is 0.389. The minimum absolute atomic E-state index is 0.142. The Morgan fingerprint density at radius 2 is 1.74 bits per heavy atom. The van der Waals surface area contributed by atoms with Crippen molar-refractivity contribution in [1.29, 1.82) is 0 Å². The Bertz CT molecular complexity index is 1230. The van der Waals surface area contributed by atoms with Gasteiger partial charge in [0.25, 0.3) is 5.91 Å². The molecule has 0 radical (unpaired) electrons. The van der Waals surface area contributed by atoms with Crippen LogP contribution in [0.25, 0.3) is 0 Å². The van der Waals surface area contributed by atoms with Crippen LogP contribution in [0.4, 0.5) is 23.0 Å². The molecule has 1 fully saturated rings. The van der Waals surface area contributed by atoms with Gasteiger partial charge < -0.3 is 5.32 Å². The molecule has 1 aliphatic rings. The highest BCUT2D eigenvalue weighted by molar-refractivity contribution is 6.04. The molecule has 1 N–H and O–H groups in total. The van der Waals surface area contributed by atoms with Gasteiger partial charge in [0.1, 0.15) is 0 Å². The highest BCUT2D eigenvalue weighted by Gasteiger charge is 2.18. The van der Waals surface area contributed by atoms with E-state index in [0.29, 0.717) is 17.2 Å². The van der Waals surface area contributed by atoms with Crippen LogP contribution in [0.15, 0.2) is 85.5 Å². The average molecular weight is 465 g/mol. The SMILES string of the molecule is Cc1ccc(NC(=O)c2ccc(CN3CCCC3)cc2)cc1N(c1cccnc1)c1ncccn1. The molecular weight excluding hydrogens is 436 g/mol. The molecule has 0 spiro atoms. The Balaban J connectivity index is 1.38. The molecule has 35 heavy (non-hydrogen) atoms. The standard InChI is InChI=1S/C28H28N6O/c1-21-7-12-24(32-27(35)23-10-8-22(9-11-23)20-33-16-2-3-17-33)18-26(21)34(25-6-4-13-29-19-25)28-30-14-5-15-31-28/h4-15,18-19H,2-3,16-17,20H2,1H3,(H,32,35). The van der Waals surface area contributed by atoms with Crippen molar-refractivity contribution < 1.29 is 4.79 Å². The number of hydrogen-bond acceptors (Lipinski definition) is 6. The van der Waals surface area contributed by atoms with Crippen LogP contribution in [0.5, 0.6) is 0 Å². The number of aryl methyl sites for hydroxylation is 1. The van der Waals surface area contributed by atoms with Gasteiger partial charge in [-0.25, -0.2) is 9.97 Å². The van der Waals surface area contributed by atoms with E-state index in [0.717, 1.165) is 36.6 Å². The molecule has 7 heteroatoms. The van der Waals surface area contributed by atoms with Gasteiger partial charge in [0.2, 0.25) is 5.95 Å². The van der Waals surface area contributed by atoms with Gasteiger partial charge in [-0.15, -0.1) is 0 Å². The summed E-state index contributed by atoms with van der Waals surface area (Å²) in [7, 11) is 0. The average Bonchev–Trinajstić information content (AvgIpc) is 3.41. The third-order valence-corrected chi connectivity index (χ3v) is 6.19. The van der Waals surface area contributed by atoms with Crippen molar-refractivity contribution >= 4 is 28.9 Å². The molecule has 4 aromatic rings. The number of benzene rings is 2. The number of pyridine rings is 1. The van der Waals surface area contributed by atoms with Crippen LogP contribution >= 0.6 is 0 Å². The second kappa shape index (κ2) is 10.4. The van der Waals surface area contributed by atoms with Gasteiger partial charge in [-0.2, -0.15) is 0 Å². The molecule has 0 aliphatic carbocycles. The fourth-order valence-corrected chi connectivity index (χ4v) is 4.35. The molecule has 7 nitrogen and oxygen atoms in total. The van der Waals surface area contributed by atoms with Gasteiger partial charge >= 0.3 is 0 Å². The molecule has 1 amide bonds. The van der Waals surface area contributed by atoms with E-state index in [2.05, 4.69) is 25.2 Å². The molecule has 0 bridgehead atoms. The lowest BCUT2D eigenvalue weighted by atomic mass is 10.1. The maximum atomic E-state index is 13.0. The van der Waals surface area contributed by atoms with Crippen molar-refractivity contribution in [3.05, 3.63) is 102 Å². The first-order chi connectivity index (χ1) is 17.2. The van der Waals surface area contributed by atoms with Crippen LogP contribution in [-0.2, 0) is 6.54 Å². The second-order valence-electron chi connectivity index (χ2n) is 8.73.